The van der Waals surface area contributed by atoms with Crippen molar-refractivity contribution in [2.75, 3.05) is 19.5 Å². The number of anilines is 1. The zero-order valence-corrected chi connectivity index (χ0v) is 17.0. The SMILES string of the molecule is CCOc1cncc(-c2cc(OC)ccc2C2Cc3nc(N)nc(C)c3C(=O)N2)n1. The average Bonchev–Trinajstić information content (AvgIpc) is 2.73. The summed E-state index contributed by atoms with van der Waals surface area (Å²) in [5.74, 6) is 1.03. The maximum Gasteiger partial charge on any atom is 0.255 e. The molecule has 0 spiro atoms. The Bertz CT molecular complexity index is 1120. The van der Waals surface area contributed by atoms with Crippen molar-refractivity contribution in [1.29, 1.82) is 0 Å². The summed E-state index contributed by atoms with van der Waals surface area (Å²) in [5.41, 5.74) is 9.77. The van der Waals surface area contributed by atoms with Crippen LogP contribution < -0.4 is 20.5 Å². The van der Waals surface area contributed by atoms with Gasteiger partial charge in [0.15, 0.2) is 0 Å². The van der Waals surface area contributed by atoms with E-state index in [2.05, 4.69) is 25.3 Å². The van der Waals surface area contributed by atoms with Crippen LogP contribution in [0.15, 0.2) is 30.6 Å². The Morgan fingerprint density at radius 1 is 1.23 bits per heavy atom. The van der Waals surface area contributed by atoms with Gasteiger partial charge in [-0.2, -0.15) is 0 Å². The van der Waals surface area contributed by atoms with Crippen LogP contribution in [0.2, 0.25) is 0 Å². The maximum atomic E-state index is 12.8. The van der Waals surface area contributed by atoms with Gasteiger partial charge in [-0.25, -0.2) is 15.0 Å². The number of nitrogen functional groups attached to an aromatic ring is 1. The predicted molar refractivity (Wildman–Crippen MR) is 110 cm³/mol. The molecule has 4 rings (SSSR count). The van der Waals surface area contributed by atoms with Crippen LogP contribution in [0.25, 0.3) is 11.3 Å². The van der Waals surface area contributed by atoms with E-state index < -0.39 is 0 Å². The molecular formula is C21H22N6O3. The zero-order chi connectivity index (χ0) is 21.3. The molecule has 30 heavy (non-hydrogen) atoms. The van der Waals surface area contributed by atoms with Crippen molar-refractivity contribution >= 4 is 11.9 Å². The highest BCUT2D eigenvalue weighted by molar-refractivity contribution is 5.98. The molecule has 0 saturated carbocycles. The topological polar surface area (TPSA) is 125 Å². The van der Waals surface area contributed by atoms with Gasteiger partial charge in [0.2, 0.25) is 11.8 Å². The molecule has 1 aliphatic heterocycles. The first-order valence-electron chi connectivity index (χ1n) is 9.57. The highest BCUT2D eigenvalue weighted by Gasteiger charge is 2.30. The lowest BCUT2D eigenvalue weighted by atomic mass is 9.90. The van der Waals surface area contributed by atoms with E-state index in [9.17, 15) is 4.79 Å². The van der Waals surface area contributed by atoms with E-state index in [-0.39, 0.29) is 17.9 Å². The van der Waals surface area contributed by atoms with Crippen LogP contribution in [0, 0.1) is 6.92 Å². The standard InChI is InChI=1S/C21H22N6O3/c1-4-30-18-10-23-9-17(25-18)14-7-12(29-3)5-6-13(14)15-8-16-19(20(28)26-15)11(2)24-21(22)27-16/h5-7,9-10,15H,4,8H2,1-3H3,(H,26,28)(H2,22,24,27). The lowest BCUT2D eigenvalue weighted by Gasteiger charge is -2.27. The van der Waals surface area contributed by atoms with Crippen molar-refractivity contribution in [2.45, 2.75) is 26.3 Å². The molecule has 9 nitrogen and oxygen atoms in total. The lowest BCUT2D eigenvalue weighted by molar-refractivity contribution is 0.0922. The number of amides is 1. The molecule has 1 amide bonds. The molecule has 3 aromatic rings. The van der Waals surface area contributed by atoms with Crippen LogP contribution in [0.3, 0.4) is 0 Å². The second kappa shape index (κ2) is 7.94. The molecule has 1 atom stereocenters. The largest absolute Gasteiger partial charge is 0.497 e. The molecule has 0 saturated heterocycles. The summed E-state index contributed by atoms with van der Waals surface area (Å²) in [6.07, 6.45) is 3.70. The number of methoxy groups -OCH3 is 1. The van der Waals surface area contributed by atoms with Crippen molar-refractivity contribution in [1.82, 2.24) is 25.3 Å². The molecule has 3 N–H and O–H groups in total. The lowest BCUT2D eigenvalue weighted by Crippen LogP contribution is -2.37. The highest BCUT2D eigenvalue weighted by atomic mass is 16.5. The van der Waals surface area contributed by atoms with E-state index in [0.29, 0.717) is 47.3 Å². The number of nitrogens with one attached hydrogen (secondary N) is 1. The second-order valence-corrected chi connectivity index (χ2v) is 6.85. The number of carbonyl (C=O) groups is 1. The summed E-state index contributed by atoms with van der Waals surface area (Å²) in [7, 11) is 1.60. The summed E-state index contributed by atoms with van der Waals surface area (Å²) in [4.78, 5) is 30.0. The maximum absolute atomic E-state index is 12.8. The Labute approximate surface area is 173 Å². The number of nitrogens with zero attached hydrogens (tertiary/aromatic N) is 4. The normalized spacial score (nSPS) is 15.3. The van der Waals surface area contributed by atoms with Gasteiger partial charge in [-0.05, 0) is 31.5 Å². The van der Waals surface area contributed by atoms with Gasteiger partial charge in [0, 0.05) is 12.0 Å². The Hall–Kier alpha value is -3.75. The van der Waals surface area contributed by atoms with Gasteiger partial charge in [0.05, 0.1) is 54.8 Å². The van der Waals surface area contributed by atoms with E-state index in [4.69, 9.17) is 15.2 Å². The Kier molecular flexibility index (Phi) is 5.18. The molecule has 0 bridgehead atoms. The number of hydrogen-bond acceptors (Lipinski definition) is 8. The number of rotatable bonds is 5. The van der Waals surface area contributed by atoms with E-state index in [1.54, 1.807) is 26.4 Å². The minimum atomic E-state index is -0.322. The fourth-order valence-electron chi connectivity index (χ4n) is 3.64. The quantitative estimate of drug-likeness (QED) is 0.661. The number of carbonyl (C=O) groups excluding carboxylic acids is 1. The third-order valence-corrected chi connectivity index (χ3v) is 4.93. The van der Waals surface area contributed by atoms with E-state index >= 15 is 0 Å². The number of hydrogen-bond donors (Lipinski definition) is 2. The highest BCUT2D eigenvalue weighted by Crippen LogP contribution is 2.35. The van der Waals surface area contributed by atoms with E-state index in [0.717, 1.165) is 11.1 Å². The molecule has 9 heteroatoms. The number of aromatic nitrogens is 4. The molecule has 0 aliphatic carbocycles. The number of ether oxygens (including phenoxy) is 2. The first kappa shape index (κ1) is 19.6. The molecule has 0 fully saturated rings. The molecule has 1 aliphatic rings. The molecule has 1 aromatic carbocycles. The van der Waals surface area contributed by atoms with E-state index in [1.165, 1.54) is 0 Å². The number of aryl methyl sites for hydroxylation is 1. The second-order valence-electron chi connectivity index (χ2n) is 6.85. The zero-order valence-electron chi connectivity index (χ0n) is 17.0. The van der Waals surface area contributed by atoms with Crippen LogP contribution in [-0.4, -0.2) is 39.6 Å². The number of benzene rings is 1. The summed E-state index contributed by atoms with van der Waals surface area (Å²) >= 11 is 0. The molecule has 2 aromatic heterocycles. The first-order valence-corrected chi connectivity index (χ1v) is 9.57. The summed E-state index contributed by atoms with van der Waals surface area (Å²) in [5, 5.41) is 3.06. The third-order valence-electron chi connectivity index (χ3n) is 4.93. The smallest absolute Gasteiger partial charge is 0.255 e. The van der Waals surface area contributed by atoms with Gasteiger partial charge in [0.25, 0.3) is 5.91 Å². The van der Waals surface area contributed by atoms with Gasteiger partial charge >= 0.3 is 0 Å². The van der Waals surface area contributed by atoms with Gasteiger partial charge in [0.1, 0.15) is 5.75 Å². The van der Waals surface area contributed by atoms with Gasteiger partial charge in [-0.1, -0.05) is 6.07 Å². The van der Waals surface area contributed by atoms with Crippen LogP contribution >= 0.6 is 0 Å². The molecule has 3 heterocycles. The fourth-order valence-corrected chi connectivity index (χ4v) is 3.64. The minimum Gasteiger partial charge on any atom is -0.497 e. The molecule has 1 unspecified atom stereocenters. The molecular weight excluding hydrogens is 384 g/mol. The van der Waals surface area contributed by atoms with Gasteiger partial charge < -0.3 is 20.5 Å². The monoisotopic (exact) mass is 406 g/mol. The molecule has 0 radical (unpaired) electrons. The summed E-state index contributed by atoms with van der Waals surface area (Å²) in [6.45, 7) is 4.12. The van der Waals surface area contributed by atoms with Crippen LogP contribution in [-0.2, 0) is 6.42 Å². The van der Waals surface area contributed by atoms with Crippen molar-refractivity contribution < 1.29 is 14.3 Å². The van der Waals surface area contributed by atoms with Crippen molar-refractivity contribution in [3.8, 4) is 22.9 Å². The van der Waals surface area contributed by atoms with Crippen molar-refractivity contribution in [3.05, 3.63) is 53.1 Å². The van der Waals surface area contributed by atoms with Crippen LogP contribution in [0.5, 0.6) is 11.6 Å². The summed E-state index contributed by atoms with van der Waals surface area (Å²) in [6, 6.07) is 5.31. The average molecular weight is 406 g/mol. The van der Waals surface area contributed by atoms with Crippen LogP contribution in [0.1, 0.15) is 40.3 Å². The fraction of sp³-hybridized carbons (Fsp3) is 0.286. The Morgan fingerprint density at radius 3 is 2.83 bits per heavy atom. The van der Waals surface area contributed by atoms with E-state index in [1.807, 2.05) is 25.1 Å². The number of fused-ring (bicyclic) bond motifs is 1. The van der Waals surface area contributed by atoms with Crippen molar-refractivity contribution in [3.63, 3.8) is 0 Å². The predicted octanol–water partition coefficient (Wildman–Crippen LogP) is 2.26. The Morgan fingerprint density at radius 2 is 2.07 bits per heavy atom. The summed E-state index contributed by atoms with van der Waals surface area (Å²) < 4.78 is 10.9. The van der Waals surface area contributed by atoms with Gasteiger partial charge in [-0.15, -0.1) is 0 Å². The first-order chi connectivity index (χ1) is 14.5. The number of nitrogens with two attached hydrogens (primary N) is 1. The Balaban J connectivity index is 1.80. The minimum absolute atomic E-state index is 0.157. The van der Waals surface area contributed by atoms with Gasteiger partial charge in [-0.3, -0.25) is 9.78 Å². The molecule has 154 valence electrons. The third kappa shape index (κ3) is 3.61. The van der Waals surface area contributed by atoms with Crippen LogP contribution in [0.4, 0.5) is 5.95 Å². The van der Waals surface area contributed by atoms with Crippen molar-refractivity contribution in [2.24, 2.45) is 0 Å².